The van der Waals surface area contributed by atoms with E-state index >= 15 is 0 Å². The minimum atomic E-state index is 0. The van der Waals surface area contributed by atoms with Crippen molar-refractivity contribution in [2.75, 3.05) is 43.9 Å². The fraction of sp³-hybridized carbons (Fsp3) is 0.217. The van der Waals surface area contributed by atoms with E-state index in [1.54, 1.807) is 12.4 Å². The number of rotatable bonds is 8. The molecule has 2 aromatic carbocycles. The Morgan fingerprint density at radius 1 is 0.742 bits per heavy atom. The Labute approximate surface area is 198 Å². The third kappa shape index (κ3) is 5.89. The molecule has 5 nitrogen and oxygen atoms in total. The summed E-state index contributed by atoms with van der Waals surface area (Å²) in [6, 6.07) is 15.6. The lowest BCUT2D eigenvalue weighted by Crippen LogP contribution is -2.29. The predicted octanol–water partition coefficient (Wildman–Crippen LogP) is 5.97. The normalized spacial score (nSPS) is 11.0. The Bertz CT molecular complexity index is 1080. The van der Waals surface area contributed by atoms with E-state index in [0.717, 1.165) is 59.4 Å². The second-order valence-corrected chi connectivity index (χ2v) is 8.07. The molecule has 31 heavy (non-hydrogen) atoms. The van der Waals surface area contributed by atoms with E-state index in [1.807, 2.05) is 48.5 Å². The quantitative estimate of drug-likeness (QED) is 0.328. The maximum atomic E-state index is 6.07. The molecular weight excluding hydrogens is 453 g/mol. The van der Waals surface area contributed by atoms with Crippen LogP contribution >= 0.6 is 35.6 Å². The van der Waals surface area contributed by atoms with Gasteiger partial charge in [-0.05, 0) is 55.6 Å². The number of hydrogen-bond donors (Lipinski definition) is 2. The highest BCUT2D eigenvalue weighted by Crippen LogP contribution is 2.25. The van der Waals surface area contributed by atoms with Gasteiger partial charge in [-0.3, -0.25) is 9.97 Å². The molecule has 2 heterocycles. The molecule has 0 atom stereocenters. The van der Waals surface area contributed by atoms with Crippen LogP contribution in [0.2, 0.25) is 10.0 Å². The lowest BCUT2D eigenvalue weighted by Gasteiger charge is -2.19. The second kappa shape index (κ2) is 10.8. The van der Waals surface area contributed by atoms with E-state index in [2.05, 4.69) is 32.5 Å². The van der Waals surface area contributed by atoms with Crippen molar-refractivity contribution in [3.8, 4) is 0 Å². The van der Waals surface area contributed by atoms with E-state index in [9.17, 15) is 0 Å². The monoisotopic (exact) mass is 475 g/mol. The number of benzene rings is 2. The fourth-order valence-electron chi connectivity index (χ4n) is 3.43. The average Bonchev–Trinajstić information content (AvgIpc) is 2.73. The fourth-order valence-corrected chi connectivity index (χ4v) is 3.76. The van der Waals surface area contributed by atoms with Gasteiger partial charge in [-0.15, -0.1) is 12.4 Å². The first-order valence-corrected chi connectivity index (χ1v) is 10.6. The first kappa shape index (κ1) is 23.4. The number of nitrogens with zero attached hydrogens (tertiary/aromatic N) is 3. The van der Waals surface area contributed by atoms with Crippen molar-refractivity contribution in [1.82, 2.24) is 14.9 Å². The van der Waals surface area contributed by atoms with Gasteiger partial charge in [0.1, 0.15) is 0 Å². The van der Waals surface area contributed by atoms with Gasteiger partial charge in [0.2, 0.25) is 0 Å². The van der Waals surface area contributed by atoms with Crippen molar-refractivity contribution < 1.29 is 0 Å². The number of nitrogens with one attached hydrogen (secondary N) is 2. The van der Waals surface area contributed by atoms with Crippen molar-refractivity contribution in [3.63, 3.8) is 0 Å². The Balaban J connectivity index is 0.00000272. The number of anilines is 2. The topological polar surface area (TPSA) is 53.1 Å². The third-order valence-corrected chi connectivity index (χ3v) is 5.50. The van der Waals surface area contributed by atoms with Crippen molar-refractivity contribution in [2.24, 2.45) is 0 Å². The summed E-state index contributed by atoms with van der Waals surface area (Å²) in [5.74, 6) is 0. The molecule has 0 saturated carbocycles. The van der Waals surface area contributed by atoms with E-state index in [4.69, 9.17) is 23.2 Å². The molecule has 0 bridgehead atoms. The first-order chi connectivity index (χ1) is 14.6. The minimum absolute atomic E-state index is 0. The summed E-state index contributed by atoms with van der Waals surface area (Å²) in [7, 11) is 2.12. The summed E-state index contributed by atoms with van der Waals surface area (Å²) in [5, 5.41) is 10.6. The van der Waals surface area contributed by atoms with E-state index < -0.39 is 0 Å². The molecule has 0 saturated heterocycles. The van der Waals surface area contributed by atoms with Crippen molar-refractivity contribution in [1.29, 1.82) is 0 Å². The molecule has 2 aromatic heterocycles. The van der Waals surface area contributed by atoms with E-state index in [-0.39, 0.29) is 12.4 Å². The SMILES string of the molecule is CN(CCNc1ccnc2cc(Cl)ccc12)CCNc1ccnc2cc(Cl)ccc12.Cl. The van der Waals surface area contributed by atoms with Crippen molar-refractivity contribution in [2.45, 2.75) is 0 Å². The molecular formula is C23H24Cl3N5. The Hall–Kier alpha value is -2.31. The maximum absolute atomic E-state index is 6.07. The molecule has 2 N–H and O–H groups in total. The molecule has 4 rings (SSSR count). The summed E-state index contributed by atoms with van der Waals surface area (Å²) in [6.07, 6.45) is 3.61. The lowest BCUT2D eigenvalue weighted by atomic mass is 10.2. The molecule has 0 unspecified atom stereocenters. The van der Waals surface area contributed by atoms with Crippen LogP contribution in [-0.4, -0.2) is 48.1 Å². The van der Waals surface area contributed by atoms with Crippen LogP contribution in [0.3, 0.4) is 0 Å². The molecule has 4 aromatic rings. The standard InChI is InChI=1S/C23H23Cl2N5.ClH/c1-30(12-10-28-20-6-8-26-22-14-16(24)2-4-18(20)22)13-11-29-21-7-9-27-23-15-17(25)3-5-19(21)23;/h2-9,14-15H,10-13H2,1H3,(H,26,28)(H,27,29);1H. The molecule has 0 aliphatic carbocycles. The summed E-state index contributed by atoms with van der Waals surface area (Å²) in [6.45, 7) is 3.53. The summed E-state index contributed by atoms with van der Waals surface area (Å²) in [4.78, 5) is 11.1. The van der Waals surface area contributed by atoms with Crippen LogP contribution in [-0.2, 0) is 0 Å². The first-order valence-electron chi connectivity index (χ1n) is 9.85. The van der Waals surface area contributed by atoms with Gasteiger partial charge in [0.15, 0.2) is 0 Å². The largest absolute Gasteiger partial charge is 0.383 e. The molecule has 0 amide bonds. The Morgan fingerprint density at radius 3 is 1.65 bits per heavy atom. The number of aromatic nitrogens is 2. The van der Waals surface area contributed by atoms with Gasteiger partial charge in [0, 0.05) is 70.8 Å². The number of fused-ring (bicyclic) bond motifs is 2. The number of likely N-dealkylation sites (N-methyl/N-ethyl adjacent to an activating group) is 1. The molecule has 0 spiro atoms. The van der Waals surface area contributed by atoms with Crippen LogP contribution in [0.1, 0.15) is 0 Å². The van der Waals surface area contributed by atoms with Crippen LogP contribution in [0.15, 0.2) is 60.9 Å². The maximum Gasteiger partial charge on any atom is 0.0737 e. The Kier molecular flexibility index (Phi) is 8.15. The van der Waals surface area contributed by atoms with Crippen LogP contribution in [0, 0.1) is 0 Å². The van der Waals surface area contributed by atoms with Crippen LogP contribution in [0.25, 0.3) is 21.8 Å². The highest BCUT2D eigenvalue weighted by atomic mass is 35.5. The highest BCUT2D eigenvalue weighted by molar-refractivity contribution is 6.31. The Morgan fingerprint density at radius 2 is 1.19 bits per heavy atom. The highest BCUT2D eigenvalue weighted by Gasteiger charge is 2.05. The number of halogens is 3. The predicted molar refractivity (Wildman–Crippen MR) is 135 cm³/mol. The molecule has 0 fully saturated rings. The van der Waals surface area contributed by atoms with Gasteiger partial charge >= 0.3 is 0 Å². The number of pyridine rings is 2. The molecule has 0 aliphatic rings. The number of hydrogen-bond acceptors (Lipinski definition) is 5. The van der Waals surface area contributed by atoms with Gasteiger partial charge in [-0.2, -0.15) is 0 Å². The van der Waals surface area contributed by atoms with Gasteiger partial charge in [0.25, 0.3) is 0 Å². The molecule has 8 heteroatoms. The zero-order valence-electron chi connectivity index (χ0n) is 17.1. The van der Waals surface area contributed by atoms with Gasteiger partial charge in [-0.1, -0.05) is 23.2 Å². The van der Waals surface area contributed by atoms with Crippen molar-refractivity contribution in [3.05, 3.63) is 71.0 Å². The van der Waals surface area contributed by atoms with Gasteiger partial charge < -0.3 is 15.5 Å². The minimum Gasteiger partial charge on any atom is -0.383 e. The van der Waals surface area contributed by atoms with Crippen LogP contribution in [0.5, 0.6) is 0 Å². The zero-order chi connectivity index (χ0) is 20.9. The molecule has 0 aliphatic heterocycles. The molecule has 162 valence electrons. The van der Waals surface area contributed by atoms with Crippen LogP contribution in [0.4, 0.5) is 11.4 Å². The summed E-state index contributed by atoms with van der Waals surface area (Å²) < 4.78 is 0. The van der Waals surface area contributed by atoms with E-state index in [1.165, 1.54) is 0 Å². The lowest BCUT2D eigenvalue weighted by molar-refractivity contribution is 0.361. The summed E-state index contributed by atoms with van der Waals surface area (Å²) >= 11 is 12.1. The zero-order valence-corrected chi connectivity index (χ0v) is 19.4. The molecule has 0 radical (unpaired) electrons. The van der Waals surface area contributed by atoms with E-state index in [0.29, 0.717) is 10.0 Å². The van der Waals surface area contributed by atoms with Crippen molar-refractivity contribution >= 4 is 68.8 Å². The van der Waals surface area contributed by atoms with Gasteiger partial charge in [-0.25, -0.2) is 0 Å². The van der Waals surface area contributed by atoms with Crippen LogP contribution < -0.4 is 10.6 Å². The second-order valence-electron chi connectivity index (χ2n) is 7.20. The third-order valence-electron chi connectivity index (χ3n) is 5.03. The smallest absolute Gasteiger partial charge is 0.0737 e. The average molecular weight is 477 g/mol. The summed E-state index contributed by atoms with van der Waals surface area (Å²) in [5.41, 5.74) is 3.95. The van der Waals surface area contributed by atoms with Gasteiger partial charge in [0.05, 0.1) is 11.0 Å².